The summed E-state index contributed by atoms with van der Waals surface area (Å²) in [5, 5.41) is 5.98. The zero-order valence-electron chi connectivity index (χ0n) is 13.8. The van der Waals surface area contributed by atoms with Gasteiger partial charge < -0.3 is 0 Å². The lowest BCUT2D eigenvalue weighted by molar-refractivity contribution is -0.132. The molecule has 2 heterocycles. The quantitative estimate of drug-likeness (QED) is 0.778. The van der Waals surface area contributed by atoms with Gasteiger partial charge in [-0.3, -0.25) is 9.69 Å². The summed E-state index contributed by atoms with van der Waals surface area (Å²) < 4.78 is 24.5. The Hall–Kier alpha value is -1.77. The van der Waals surface area contributed by atoms with Crippen LogP contribution in [-0.4, -0.2) is 79.8 Å². The normalized spacial score (nSPS) is 20.2. The number of benzene rings is 1. The van der Waals surface area contributed by atoms with Crippen molar-refractivity contribution in [1.82, 2.24) is 14.2 Å². The maximum Gasteiger partial charge on any atom is 0.256 e. The highest BCUT2D eigenvalue weighted by Gasteiger charge is 2.27. The number of carbonyl (C=O) groups excluding carboxylic acids is 1. The van der Waals surface area contributed by atoms with E-state index in [0.29, 0.717) is 32.7 Å². The Balaban J connectivity index is 1.54. The second-order valence-electron chi connectivity index (χ2n) is 6.12. The first kappa shape index (κ1) is 17.1. The summed E-state index contributed by atoms with van der Waals surface area (Å²) in [6.07, 6.45) is 1.98. The second kappa shape index (κ2) is 7.00. The Morgan fingerprint density at radius 2 is 1.75 bits per heavy atom. The van der Waals surface area contributed by atoms with E-state index in [1.165, 1.54) is 15.6 Å². The maximum atomic E-state index is 12.4. The van der Waals surface area contributed by atoms with Crippen LogP contribution in [0.1, 0.15) is 12.0 Å². The lowest BCUT2D eigenvalue weighted by atomic mass is 10.1. The minimum atomic E-state index is -3.14. The van der Waals surface area contributed by atoms with Crippen molar-refractivity contribution in [3.05, 3.63) is 35.9 Å². The molecule has 0 atom stereocenters. The van der Waals surface area contributed by atoms with Gasteiger partial charge in [0.05, 0.1) is 25.1 Å². The van der Waals surface area contributed by atoms with Crippen molar-refractivity contribution in [1.29, 1.82) is 0 Å². The van der Waals surface area contributed by atoms with Crippen molar-refractivity contribution < 1.29 is 13.2 Å². The number of hydrogen-bond donors (Lipinski definition) is 0. The number of carbonyl (C=O) groups is 1. The standard InChI is InChI=1S/C16H22N4O3S/c1-24(22,23)19-11-9-18(10-12-19)13-16(21)20-8-7-15(17-20)14-5-3-2-4-6-14/h2-6H,7-13H2,1H3. The van der Waals surface area contributed by atoms with Crippen LogP contribution in [0.15, 0.2) is 35.4 Å². The minimum Gasteiger partial charge on any atom is -0.292 e. The molecule has 0 spiro atoms. The first-order valence-electron chi connectivity index (χ1n) is 8.04. The van der Waals surface area contributed by atoms with E-state index in [9.17, 15) is 13.2 Å². The molecule has 1 aromatic rings. The summed E-state index contributed by atoms with van der Waals surface area (Å²) in [4.78, 5) is 14.4. The van der Waals surface area contributed by atoms with Crippen LogP contribution < -0.4 is 0 Å². The molecular weight excluding hydrogens is 328 g/mol. The van der Waals surface area contributed by atoms with Gasteiger partial charge in [-0.25, -0.2) is 13.4 Å². The molecule has 24 heavy (non-hydrogen) atoms. The molecule has 0 radical (unpaired) electrons. The van der Waals surface area contributed by atoms with Gasteiger partial charge in [0.2, 0.25) is 10.0 Å². The third-order valence-corrected chi connectivity index (χ3v) is 5.66. The molecule has 0 unspecified atom stereocenters. The SMILES string of the molecule is CS(=O)(=O)N1CCN(CC(=O)N2CCC(c3ccccc3)=N2)CC1. The molecule has 0 aromatic heterocycles. The molecule has 3 rings (SSSR count). The summed E-state index contributed by atoms with van der Waals surface area (Å²) in [6, 6.07) is 9.87. The molecular formula is C16H22N4O3S. The van der Waals surface area contributed by atoms with Gasteiger partial charge in [0.15, 0.2) is 0 Å². The fourth-order valence-corrected chi connectivity index (χ4v) is 3.79. The highest BCUT2D eigenvalue weighted by Crippen LogP contribution is 2.14. The highest BCUT2D eigenvalue weighted by molar-refractivity contribution is 7.88. The predicted molar refractivity (Wildman–Crippen MR) is 92.2 cm³/mol. The van der Waals surface area contributed by atoms with Gasteiger partial charge in [-0.2, -0.15) is 9.41 Å². The number of sulfonamides is 1. The number of rotatable bonds is 4. The van der Waals surface area contributed by atoms with Crippen molar-refractivity contribution >= 4 is 21.6 Å². The molecule has 0 saturated carbocycles. The number of hydrazone groups is 1. The maximum absolute atomic E-state index is 12.4. The van der Waals surface area contributed by atoms with E-state index in [1.807, 2.05) is 35.2 Å². The van der Waals surface area contributed by atoms with Crippen LogP contribution in [0.2, 0.25) is 0 Å². The van der Waals surface area contributed by atoms with E-state index in [1.54, 1.807) is 0 Å². The average Bonchev–Trinajstić information content (AvgIpc) is 3.05. The van der Waals surface area contributed by atoms with Gasteiger partial charge in [0.25, 0.3) is 5.91 Å². The smallest absolute Gasteiger partial charge is 0.256 e. The zero-order chi connectivity index (χ0) is 17.2. The van der Waals surface area contributed by atoms with E-state index in [0.717, 1.165) is 17.7 Å². The van der Waals surface area contributed by atoms with E-state index in [-0.39, 0.29) is 12.5 Å². The van der Waals surface area contributed by atoms with Gasteiger partial charge >= 0.3 is 0 Å². The molecule has 0 bridgehead atoms. The van der Waals surface area contributed by atoms with E-state index in [2.05, 4.69) is 5.10 Å². The molecule has 1 aromatic carbocycles. The first-order chi connectivity index (χ1) is 11.4. The third kappa shape index (κ3) is 4.00. The first-order valence-corrected chi connectivity index (χ1v) is 9.89. The van der Waals surface area contributed by atoms with Crippen LogP contribution in [0.4, 0.5) is 0 Å². The molecule has 1 fully saturated rings. The van der Waals surface area contributed by atoms with Gasteiger partial charge in [-0.05, 0) is 5.56 Å². The average molecular weight is 350 g/mol. The fraction of sp³-hybridized carbons (Fsp3) is 0.500. The number of piperazine rings is 1. The lowest BCUT2D eigenvalue weighted by Gasteiger charge is -2.33. The second-order valence-corrected chi connectivity index (χ2v) is 8.10. The Morgan fingerprint density at radius 3 is 2.38 bits per heavy atom. The van der Waals surface area contributed by atoms with Crippen molar-refractivity contribution in [2.24, 2.45) is 5.10 Å². The van der Waals surface area contributed by atoms with Crippen LogP contribution in [0.5, 0.6) is 0 Å². The Bertz CT molecular complexity index is 725. The fourth-order valence-electron chi connectivity index (χ4n) is 2.96. The molecule has 7 nitrogen and oxygen atoms in total. The number of hydrogen-bond acceptors (Lipinski definition) is 5. The molecule has 1 saturated heterocycles. The Kier molecular flexibility index (Phi) is 4.98. The number of nitrogens with zero attached hydrogens (tertiary/aromatic N) is 4. The third-order valence-electron chi connectivity index (χ3n) is 4.36. The van der Waals surface area contributed by atoms with Crippen LogP contribution >= 0.6 is 0 Å². The lowest BCUT2D eigenvalue weighted by Crippen LogP contribution is -2.50. The van der Waals surface area contributed by atoms with Crippen molar-refractivity contribution in [3.63, 3.8) is 0 Å². The van der Waals surface area contributed by atoms with Crippen LogP contribution in [0.25, 0.3) is 0 Å². The molecule has 2 aliphatic rings. The molecule has 130 valence electrons. The summed E-state index contributed by atoms with van der Waals surface area (Å²) in [7, 11) is -3.14. The van der Waals surface area contributed by atoms with Gasteiger partial charge in [0, 0.05) is 32.6 Å². The van der Waals surface area contributed by atoms with Crippen LogP contribution in [0, 0.1) is 0 Å². The van der Waals surface area contributed by atoms with Gasteiger partial charge in [0.1, 0.15) is 0 Å². The molecule has 8 heteroatoms. The van der Waals surface area contributed by atoms with Gasteiger partial charge in [-0.1, -0.05) is 30.3 Å². The minimum absolute atomic E-state index is 0.0336. The molecule has 0 N–H and O–H groups in total. The zero-order valence-corrected chi connectivity index (χ0v) is 14.6. The van der Waals surface area contributed by atoms with Crippen LogP contribution in [-0.2, 0) is 14.8 Å². The molecule has 0 aliphatic carbocycles. The summed E-state index contributed by atoms with van der Waals surface area (Å²) >= 11 is 0. The van der Waals surface area contributed by atoms with Gasteiger partial charge in [-0.15, -0.1) is 0 Å². The topological polar surface area (TPSA) is 73.3 Å². The molecule has 1 amide bonds. The van der Waals surface area contributed by atoms with Crippen molar-refractivity contribution in [3.8, 4) is 0 Å². The van der Waals surface area contributed by atoms with E-state index < -0.39 is 10.0 Å². The van der Waals surface area contributed by atoms with Crippen molar-refractivity contribution in [2.45, 2.75) is 6.42 Å². The largest absolute Gasteiger partial charge is 0.292 e. The Labute approximate surface area is 142 Å². The highest BCUT2D eigenvalue weighted by atomic mass is 32.2. The van der Waals surface area contributed by atoms with E-state index in [4.69, 9.17) is 0 Å². The summed E-state index contributed by atoms with van der Waals surface area (Å²) in [5.41, 5.74) is 1.99. The summed E-state index contributed by atoms with van der Waals surface area (Å²) in [6.45, 7) is 2.90. The predicted octanol–water partition coefficient (Wildman–Crippen LogP) is 0.200. The van der Waals surface area contributed by atoms with Crippen LogP contribution in [0.3, 0.4) is 0 Å². The molecule has 2 aliphatic heterocycles. The number of amides is 1. The van der Waals surface area contributed by atoms with E-state index >= 15 is 0 Å². The summed E-state index contributed by atoms with van der Waals surface area (Å²) in [5.74, 6) is -0.0336. The Morgan fingerprint density at radius 1 is 1.08 bits per heavy atom. The van der Waals surface area contributed by atoms with Crippen molar-refractivity contribution in [2.75, 3.05) is 45.5 Å². The monoisotopic (exact) mass is 350 g/mol.